The first-order chi connectivity index (χ1) is 8.54. The number of ether oxygens (including phenoxy) is 1. The molecule has 1 unspecified atom stereocenters. The number of likely N-dealkylation sites (N-methyl/N-ethyl adjacent to an activating group) is 1. The van der Waals surface area contributed by atoms with E-state index in [4.69, 9.17) is 4.74 Å². The maximum Gasteiger partial charge on any atom is 0.325 e. The van der Waals surface area contributed by atoms with Gasteiger partial charge in [0.1, 0.15) is 17.6 Å². The normalized spacial score (nSPS) is 12.5. The zero-order chi connectivity index (χ0) is 13.7. The van der Waals surface area contributed by atoms with Crippen LogP contribution in [0.3, 0.4) is 0 Å². The first kappa shape index (κ1) is 14.4. The molecule has 0 spiro atoms. The fourth-order valence-electron chi connectivity index (χ4n) is 1.99. The second-order valence-corrected chi connectivity index (χ2v) is 3.85. The number of halogens is 1. The molecule has 0 saturated carbocycles. The lowest BCUT2D eigenvalue weighted by Crippen LogP contribution is -2.34. The molecule has 1 atom stereocenters. The van der Waals surface area contributed by atoms with Gasteiger partial charge in [0.05, 0.1) is 7.11 Å². The van der Waals surface area contributed by atoms with Crippen LogP contribution in [0.1, 0.15) is 25.5 Å². The van der Waals surface area contributed by atoms with Crippen molar-refractivity contribution in [2.75, 3.05) is 20.2 Å². The molecule has 1 N–H and O–H groups in total. The number of carboxylic acid groups (broad SMARTS) is 1. The Labute approximate surface area is 106 Å². The summed E-state index contributed by atoms with van der Waals surface area (Å²) in [6, 6.07) is 3.02. The SMILES string of the molecule is CCN(CC)C(C(=O)O)c1cc(F)ccc1OC. The molecular weight excluding hydrogens is 237 g/mol. The van der Waals surface area contributed by atoms with E-state index in [1.807, 2.05) is 13.8 Å². The molecule has 0 radical (unpaired) electrons. The highest BCUT2D eigenvalue weighted by Gasteiger charge is 2.28. The molecule has 1 rings (SSSR count). The Kier molecular flexibility index (Phi) is 5.09. The third-order valence-corrected chi connectivity index (χ3v) is 2.90. The fourth-order valence-corrected chi connectivity index (χ4v) is 1.99. The molecule has 5 heteroatoms. The van der Waals surface area contributed by atoms with Gasteiger partial charge in [-0.1, -0.05) is 13.8 Å². The van der Waals surface area contributed by atoms with Crippen molar-refractivity contribution in [2.24, 2.45) is 0 Å². The van der Waals surface area contributed by atoms with Gasteiger partial charge in [-0.25, -0.2) is 4.39 Å². The Bertz CT molecular complexity index is 419. The molecule has 0 heterocycles. The number of hydrogen-bond acceptors (Lipinski definition) is 3. The van der Waals surface area contributed by atoms with Gasteiger partial charge in [-0.15, -0.1) is 0 Å². The number of carbonyl (C=O) groups is 1. The second kappa shape index (κ2) is 6.35. The van der Waals surface area contributed by atoms with Crippen molar-refractivity contribution in [2.45, 2.75) is 19.9 Å². The van der Waals surface area contributed by atoms with Crippen molar-refractivity contribution >= 4 is 5.97 Å². The van der Waals surface area contributed by atoms with E-state index in [1.165, 1.54) is 25.3 Å². The number of benzene rings is 1. The van der Waals surface area contributed by atoms with Gasteiger partial charge in [0.15, 0.2) is 0 Å². The summed E-state index contributed by atoms with van der Waals surface area (Å²) in [7, 11) is 1.44. The Morgan fingerprint density at radius 2 is 2.06 bits per heavy atom. The lowest BCUT2D eigenvalue weighted by Gasteiger charge is -2.27. The van der Waals surface area contributed by atoms with Crippen molar-refractivity contribution in [1.29, 1.82) is 0 Å². The Morgan fingerprint density at radius 3 is 2.50 bits per heavy atom. The summed E-state index contributed by atoms with van der Waals surface area (Å²) in [6.45, 7) is 4.86. The molecule has 1 aromatic rings. The van der Waals surface area contributed by atoms with Crippen LogP contribution in [0.15, 0.2) is 18.2 Å². The van der Waals surface area contributed by atoms with E-state index in [-0.39, 0.29) is 0 Å². The third kappa shape index (κ3) is 2.98. The molecule has 100 valence electrons. The monoisotopic (exact) mass is 255 g/mol. The standard InChI is InChI=1S/C13H18FNO3/c1-4-15(5-2)12(13(16)17)10-8-9(14)6-7-11(10)18-3/h6-8,12H,4-5H2,1-3H3,(H,16,17). The minimum absolute atomic E-state index is 0.341. The molecule has 0 amide bonds. The summed E-state index contributed by atoms with van der Waals surface area (Å²) in [4.78, 5) is 13.2. The second-order valence-electron chi connectivity index (χ2n) is 3.85. The van der Waals surface area contributed by atoms with Crippen LogP contribution < -0.4 is 4.74 Å². The number of nitrogens with zero attached hydrogens (tertiary/aromatic N) is 1. The number of hydrogen-bond donors (Lipinski definition) is 1. The lowest BCUT2D eigenvalue weighted by atomic mass is 10.0. The largest absolute Gasteiger partial charge is 0.496 e. The molecule has 0 aliphatic carbocycles. The van der Waals surface area contributed by atoms with Gasteiger partial charge in [-0.05, 0) is 31.3 Å². The Morgan fingerprint density at radius 1 is 1.44 bits per heavy atom. The van der Waals surface area contributed by atoms with Gasteiger partial charge >= 0.3 is 5.97 Å². The Balaban J connectivity index is 3.28. The topological polar surface area (TPSA) is 49.8 Å². The lowest BCUT2D eigenvalue weighted by molar-refractivity contribution is -0.143. The van der Waals surface area contributed by atoms with Gasteiger partial charge < -0.3 is 9.84 Å². The van der Waals surface area contributed by atoms with Crippen molar-refractivity contribution in [3.8, 4) is 5.75 Å². The van der Waals surface area contributed by atoms with Crippen LogP contribution >= 0.6 is 0 Å². The maximum absolute atomic E-state index is 13.3. The van der Waals surface area contributed by atoms with Gasteiger partial charge in [0, 0.05) is 5.56 Å². The summed E-state index contributed by atoms with van der Waals surface area (Å²) < 4.78 is 18.4. The highest BCUT2D eigenvalue weighted by atomic mass is 19.1. The smallest absolute Gasteiger partial charge is 0.325 e. The average Bonchev–Trinajstić information content (AvgIpc) is 2.35. The molecule has 4 nitrogen and oxygen atoms in total. The highest BCUT2D eigenvalue weighted by Crippen LogP contribution is 2.30. The van der Waals surface area contributed by atoms with Crippen molar-refractivity contribution in [3.63, 3.8) is 0 Å². The number of aliphatic carboxylic acids is 1. The molecule has 0 aromatic heterocycles. The molecule has 0 aliphatic rings. The highest BCUT2D eigenvalue weighted by molar-refractivity contribution is 5.76. The van der Waals surface area contributed by atoms with Crippen LogP contribution in [0, 0.1) is 5.82 Å². The minimum Gasteiger partial charge on any atom is -0.496 e. The quantitative estimate of drug-likeness (QED) is 0.847. The van der Waals surface area contributed by atoms with Gasteiger partial charge in [0.2, 0.25) is 0 Å². The zero-order valence-corrected chi connectivity index (χ0v) is 10.8. The maximum atomic E-state index is 13.3. The van der Waals surface area contributed by atoms with Crippen LogP contribution in [-0.2, 0) is 4.79 Å². The average molecular weight is 255 g/mol. The Hall–Kier alpha value is -1.62. The summed E-state index contributed by atoms with van der Waals surface area (Å²) in [5.41, 5.74) is 0.341. The van der Waals surface area contributed by atoms with E-state index in [1.54, 1.807) is 4.90 Å². The number of carboxylic acids is 1. The van der Waals surface area contributed by atoms with Crippen LogP contribution in [0.5, 0.6) is 5.75 Å². The molecule has 0 aliphatic heterocycles. The molecule has 0 bridgehead atoms. The molecule has 18 heavy (non-hydrogen) atoms. The number of rotatable bonds is 6. The fraction of sp³-hybridized carbons (Fsp3) is 0.462. The van der Waals surface area contributed by atoms with Gasteiger partial charge in [0.25, 0.3) is 0 Å². The molecular formula is C13H18FNO3. The van der Waals surface area contributed by atoms with E-state index in [2.05, 4.69) is 0 Å². The van der Waals surface area contributed by atoms with Crippen molar-refractivity contribution in [3.05, 3.63) is 29.6 Å². The first-order valence-electron chi connectivity index (χ1n) is 5.85. The van der Waals surface area contributed by atoms with Gasteiger partial charge in [-0.3, -0.25) is 9.69 Å². The van der Waals surface area contributed by atoms with Gasteiger partial charge in [-0.2, -0.15) is 0 Å². The predicted octanol–water partition coefficient (Wildman–Crippen LogP) is 2.30. The molecule has 0 fully saturated rings. The third-order valence-electron chi connectivity index (χ3n) is 2.90. The van der Waals surface area contributed by atoms with Crippen molar-refractivity contribution in [1.82, 2.24) is 4.90 Å². The van der Waals surface area contributed by atoms with Crippen LogP contribution in [0.25, 0.3) is 0 Å². The summed E-state index contributed by atoms with van der Waals surface area (Å²) >= 11 is 0. The van der Waals surface area contributed by atoms with E-state index in [0.717, 1.165) is 0 Å². The van der Waals surface area contributed by atoms with E-state index in [9.17, 15) is 14.3 Å². The number of methoxy groups -OCH3 is 1. The van der Waals surface area contributed by atoms with Crippen molar-refractivity contribution < 1.29 is 19.0 Å². The van der Waals surface area contributed by atoms with E-state index >= 15 is 0 Å². The summed E-state index contributed by atoms with van der Waals surface area (Å²) in [5.74, 6) is -1.09. The van der Waals surface area contributed by atoms with Crippen LogP contribution in [0.2, 0.25) is 0 Å². The summed E-state index contributed by atoms with van der Waals surface area (Å²) in [5, 5.41) is 9.35. The predicted molar refractivity (Wildman–Crippen MR) is 66.2 cm³/mol. The van der Waals surface area contributed by atoms with E-state index < -0.39 is 17.8 Å². The summed E-state index contributed by atoms with van der Waals surface area (Å²) in [6.07, 6.45) is 0. The molecule has 1 aromatic carbocycles. The molecule has 0 saturated heterocycles. The first-order valence-corrected chi connectivity index (χ1v) is 5.85. The van der Waals surface area contributed by atoms with Crippen LogP contribution in [-0.4, -0.2) is 36.2 Å². The van der Waals surface area contributed by atoms with Crippen LogP contribution in [0.4, 0.5) is 4.39 Å². The van der Waals surface area contributed by atoms with E-state index in [0.29, 0.717) is 24.4 Å². The zero-order valence-electron chi connectivity index (χ0n) is 10.8. The minimum atomic E-state index is -1.01.